The second-order valence-corrected chi connectivity index (χ2v) is 8.01. The Labute approximate surface area is 169 Å². The summed E-state index contributed by atoms with van der Waals surface area (Å²) in [5.74, 6) is -0.606. The van der Waals surface area contributed by atoms with E-state index in [1.165, 1.54) is 33.5 Å². The van der Waals surface area contributed by atoms with Crippen molar-refractivity contribution in [3.05, 3.63) is 53.6 Å². The molecule has 1 fully saturated rings. The third-order valence-electron chi connectivity index (χ3n) is 4.14. The van der Waals surface area contributed by atoms with E-state index in [9.17, 15) is 23.3 Å². The Balaban J connectivity index is 2.21. The zero-order valence-corrected chi connectivity index (χ0v) is 16.7. The van der Waals surface area contributed by atoms with Gasteiger partial charge in [-0.2, -0.15) is 4.31 Å². The Hall–Kier alpha value is -2.76. The highest BCUT2D eigenvalue weighted by Crippen LogP contribution is 2.31. The zero-order valence-electron chi connectivity index (χ0n) is 15.9. The molecule has 0 spiro atoms. The number of rotatable bonds is 10. The summed E-state index contributed by atoms with van der Waals surface area (Å²) < 4.78 is 37.1. The van der Waals surface area contributed by atoms with Crippen LogP contribution in [0.5, 0.6) is 5.75 Å². The highest BCUT2D eigenvalue weighted by atomic mass is 32.2. The Bertz CT molecular complexity index is 869. The van der Waals surface area contributed by atoms with E-state index in [2.05, 4.69) is 13.2 Å². The van der Waals surface area contributed by atoms with E-state index in [4.69, 9.17) is 9.47 Å². The lowest BCUT2D eigenvalue weighted by atomic mass is 10.3. The molecule has 1 heterocycles. The molecule has 0 saturated carbocycles. The summed E-state index contributed by atoms with van der Waals surface area (Å²) in [4.78, 5) is 24.1. The van der Waals surface area contributed by atoms with Gasteiger partial charge in [0.05, 0.1) is 23.0 Å². The van der Waals surface area contributed by atoms with Crippen molar-refractivity contribution in [2.24, 2.45) is 0 Å². The topological polar surface area (TPSA) is 119 Å². The number of ether oxygens (including phenoxy) is 2. The van der Waals surface area contributed by atoms with Gasteiger partial charge in [-0.25, -0.2) is 8.42 Å². The van der Waals surface area contributed by atoms with Crippen LogP contribution in [0.3, 0.4) is 0 Å². The van der Waals surface area contributed by atoms with Crippen molar-refractivity contribution in [3.8, 4) is 5.75 Å². The van der Waals surface area contributed by atoms with Crippen LogP contribution in [-0.2, 0) is 19.6 Å². The van der Waals surface area contributed by atoms with Gasteiger partial charge in [0.25, 0.3) is 5.91 Å². The Morgan fingerprint density at radius 1 is 1.28 bits per heavy atom. The van der Waals surface area contributed by atoms with Crippen LogP contribution in [-0.4, -0.2) is 74.5 Å². The first kappa shape index (κ1) is 22.5. The smallest absolute Gasteiger partial charge is 0.312 e. The van der Waals surface area contributed by atoms with Crippen LogP contribution < -0.4 is 4.74 Å². The molecule has 0 unspecified atom stereocenters. The number of carbonyl (C=O) groups excluding carboxylic acids is 1. The molecule has 0 aromatic heterocycles. The molecule has 1 aromatic carbocycles. The standard InChI is InChI=1S/C18H23N3O7S/c1-3-7-19(8-4-2)18(22)14-28-17-6-5-15(13-16(17)21(23)24)29(25,26)20-9-11-27-12-10-20/h3-6,13H,1-2,7-12,14H2. The van der Waals surface area contributed by atoms with E-state index in [1.54, 1.807) is 0 Å². The van der Waals surface area contributed by atoms with E-state index in [0.717, 1.165) is 6.07 Å². The summed E-state index contributed by atoms with van der Waals surface area (Å²) >= 11 is 0. The van der Waals surface area contributed by atoms with E-state index in [0.29, 0.717) is 0 Å². The van der Waals surface area contributed by atoms with Crippen LogP contribution >= 0.6 is 0 Å². The molecule has 1 aliphatic rings. The van der Waals surface area contributed by atoms with Crippen molar-refractivity contribution in [1.82, 2.24) is 9.21 Å². The van der Waals surface area contributed by atoms with Gasteiger partial charge in [-0.3, -0.25) is 14.9 Å². The van der Waals surface area contributed by atoms with Crippen molar-refractivity contribution >= 4 is 21.6 Å². The van der Waals surface area contributed by atoms with Crippen molar-refractivity contribution in [2.75, 3.05) is 46.0 Å². The number of carbonyl (C=O) groups is 1. The maximum atomic E-state index is 12.7. The summed E-state index contributed by atoms with van der Waals surface area (Å²) in [6.45, 7) is 8.09. The van der Waals surface area contributed by atoms with E-state index in [1.807, 2.05) is 0 Å². The number of nitro groups is 1. The Kier molecular flexibility index (Phi) is 7.88. The molecule has 1 amide bonds. The normalized spacial score (nSPS) is 14.8. The fraction of sp³-hybridized carbons (Fsp3) is 0.389. The first-order valence-corrected chi connectivity index (χ1v) is 10.2. The van der Waals surface area contributed by atoms with Crippen LogP contribution in [0.25, 0.3) is 0 Å². The average molecular weight is 425 g/mol. The molecule has 10 nitrogen and oxygen atoms in total. The van der Waals surface area contributed by atoms with E-state index in [-0.39, 0.29) is 50.0 Å². The van der Waals surface area contributed by atoms with E-state index >= 15 is 0 Å². The van der Waals surface area contributed by atoms with Crippen LogP contribution in [0.2, 0.25) is 0 Å². The van der Waals surface area contributed by atoms with Gasteiger partial charge < -0.3 is 14.4 Å². The molecule has 1 aromatic rings. The number of nitro benzene ring substituents is 1. The van der Waals surface area contributed by atoms with Crippen LogP contribution in [0.1, 0.15) is 0 Å². The molecular formula is C18H23N3O7S. The highest BCUT2D eigenvalue weighted by molar-refractivity contribution is 7.89. The van der Waals surface area contributed by atoms with Gasteiger partial charge in [-0.15, -0.1) is 13.2 Å². The summed E-state index contributed by atoms with van der Waals surface area (Å²) in [6, 6.07) is 3.35. The van der Waals surface area contributed by atoms with Crippen molar-refractivity contribution < 1.29 is 27.6 Å². The van der Waals surface area contributed by atoms with Gasteiger partial charge in [0, 0.05) is 32.2 Å². The van der Waals surface area contributed by atoms with Crippen molar-refractivity contribution in [2.45, 2.75) is 4.90 Å². The average Bonchev–Trinajstić information content (AvgIpc) is 2.72. The second-order valence-electron chi connectivity index (χ2n) is 6.07. The lowest BCUT2D eigenvalue weighted by Gasteiger charge is -2.26. The molecule has 0 bridgehead atoms. The lowest BCUT2D eigenvalue weighted by Crippen LogP contribution is -2.40. The van der Waals surface area contributed by atoms with Crippen molar-refractivity contribution in [3.63, 3.8) is 0 Å². The molecule has 0 atom stereocenters. The van der Waals surface area contributed by atoms with Gasteiger partial charge in [-0.1, -0.05) is 12.2 Å². The Morgan fingerprint density at radius 3 is 2.45 bits per heavy atom. The summed E-state index contributed by atoms with van der Waals surface area (Å²) in [6.07, 6.45) is 3.07. The van der Waals surface area contributed by atoms with Crippen LogP contribution in [0, 0.1) is 10.1 Å². The number of hydrogen-bond donors (Lipinski definition) is 0. The number of benzene rings is 1. The van der Waals surface area contributed by atoms with Gasteiger partial charge in [0.1, 0.15) is 0 Å². The number of amides is 1. The quantitative estimate of drug-likeness (QED) is 0.314. The maximum absolute atomic E-state index is 12.7. The molecule has 29 heavy (non-hydrogen) atoms. The number of morpholine rings is 1. The molecule has 0 N–H and O–H groups in total. The third-order valence-corrected chi connectivity index (χ3v) is 6.03. The monoisotopic (exact) mass is 425 g/mol. The number of sulfonamides is 1. The molecule has 1 saturated heterocycles. The minimum Gasteiger partial charge on any atom is -0.477 e. The Morgan fingerprint density at radius 2 is 1.90 bits per heavy atom. The largest absolute Gasteiger partial charge is 0.477 e. The summed E-state index contributed by atoms with van der Waals surface area (Å²) in [5.41, 5.74) is -0.536. The first-order chi connectivity index (χ1) is 13.8. The summed E-state index contributed by atoms with van der Waals surface area (Å²) in [5, 5.41) is 11.4. The molecule has 158 valence electrons. The molecule has 11 heteroatoms. The highest BCUT2D eigenvalue weighted by Gasteiger charge is 2.29. The molecule has 0 aliphatic carbocycles. The van der Waals surface area contributed by atoms with Gasteiger partial charge in [0.15, 0.2) is 12.4 Å². The van der Waals surface area contributed by atoms with Gasteiger partial charge >= 0.3 is 5.69 Å². The SMILES string of the molecule is C=CCN(CC=C)C(=O)COc1ccc(S(=O)(=O)N2CCOCC2)cc1[N+](=O)[O-]. The second kappa shape index (κ2) is 10.1. The minimum atomic E-state index is -3.90. The predicted molar refractivity (Wildman–Crippen MR) is 105 cm³/mol. The molecule has 2 rings (SSSR count). The predicted octanol–water partition coefficient (Wildman–Crippen LogP) is 1.20. The molecular weight excluding hydrogens is 402 g/mol. The molecule has 1 aliphatic heterocycles. The molecule has 0 radical (unpaired) electrons. The fourth-order valence-electron chi connectivity index (χ4n) is 2.68. The van der Waals surface area contributed by atoms with Crippen molar-refractivity contribution in [1.29, 1.82) is 0 Å². The maximum Gasteiger partial charge on any atom is 0.312 e. The minimum absolute atomic E-state index is 0.172. The number of nitrogens with zero attached hydrogens (tertiary/aromatic N) is 3. The van der Waals surface area contributed by atoms with Gasteiger partial charge in [-0.05, 0) is 12.1 Å². The third kappa shape index (κ3) is 5.62. The van der Waals surface area contributed by atoms with Crippen LogP contribution in [0.15, 0.2) is 48.4 Å². The number of hydrogen-bond acceptors (Lipinski definition) is 7. The fourth-order valence-corrected chi connectivity index (χ4v) is 4.11. The van der Waals surface area contributed by atoms with Gasteiger partial charge in [0.2, 0.25) is 10.0 Å². The van der Waals surface area contributed by atoms with E-state index < -0.39 is 33.1 Å². The zero-order chi connectivity index (χ0) is 21.4. The van der Waals surface area contributed by atoms with Crippen LogP contribution in [0.4, 0.5) is 5.69 Å². The lowest BCUT2D eigenvalue weighted by molar-refractivity contribution is -0.386. The first-order valence-electron chi connectivity index (χ1n) is 8.80. The summed E-state index contributed by atoms with van der Waals surface area (Å²) in [7, 11) is -3.90.